The number of aromatic nitrogens is 3. The fourth-order valence-electron chi connectivity index (χ4n) is 3.01. The standard InChI is InChI=1S/C16H17N5O3S/c1-9-13(17-8-24-9)15(23)20(2)11-5-10(6-11)19-14(22)12-7-18-21-3-4-25-16(12)21/h3-4,7-8,10-11H,5-6H2,1-2H3,(H,19,22). The highest BCUT2D eigenvalue weighted by Crippen LogP contribution is 2.27. The molecule has 25 heavy (non-hydrogen) atoms. The van der Waals surface area contributed by atoms with E-state index in [0.717, 1.165) is 17.7 Å². The molecular formula is C16H17N5O3S. The van der Waals surface area contributed by atoms with E-state index in [4.69, 9.17) is 4.42 Å². The summed E-state index contributed by atoms with van der Waals surface area (Å²) < 4.78 is 6.78. The van der Waals surface area contributed by atoms with Crippen molar-refractivity contribution in [1.29, 1.82) is 0 Å². The lowest BCUT2D eigenvalue weighted by Crippen LogP contribution is -2.54. The second kappa shape index (κ2) is 5.99. The first-order valence-electron chi connectivity index (χ1n) is 7.93. The van der Waals surface area contributed by atoms with E-state index in [9.17, 15) is 9.59 Å². The Morgan fingerprint density at radius 2 is 2.24 bits per heavy atom. The fraction of sp³-hybridized carbons (Fsp3) is 0.375. The van der Waals surface area contributed by atoms with Gasteiger partial charge in [-0.1, -0.05) is 0 Å². The Bertz CT molecular complexity index is 937. The summed E-state index contributed by atoms with van der Waals surface area (Å²) in [6.07, 6.45) is 6.12. The second-order valence-electron chi connectivity index (χ2n) is 6.18. The van der Waals surface area contributed by atoms with E-state index in [-0.39, 0.29) is 23.9 Å². The molecule has 0 atom stereocenters. The Morgan fingerprint density at radius 3 is 2.96 bits per heavy atom. The third kappa shape index (κ3) is 2.70. The van der Waals surface area contributed by atoms with Crippen molar-refractivity contribution in [3.8, 4) is 0 Å². The van der Waals surface area contributed by atoms with Crippen molar-refractivity contribution in [2.45, 2.75) is 31.8 Å². The van der Waals surface area contributed by atoms with Gasteiger partial charge < -0.3 is 14.6 Å². The van der Waals surface area contributed by atoms with Crippen LogP contribution in [0.3, 0.4) is 0 Å². The van der Waals surface area contributed by atoms with Gasteiger partial charge in [-0.2, -0.15) is 5.10 Å². The highest BCUT2D eigenvalue weighted by Gasteiger charge is 2.36. The van der Waals surface area contributed by atoms with Crippen molar-refractivity contribution in [1.82, 2.24) is 24.8 Å². The van der Waals surface area contributed by atoms with Gasteiger partial charge >= 0.3 is 0 Å². The Morgan fingerprint density at radius 1 is 1.44 bits per heavy atom. The van der Waals surface area contributed by atoms with E-state index in [1.54, 1.807) is 29.6 Å². The molecule has 8 nitrogen and oxygen atoms in total. The monoisotopic (exact) mass is 359 g/mol. The maximum Gasteiger partial charge on any atom is 0.276 e. The van der Waals surface area contributed by atoms with Gasteiger partial charge in [-0.3, -0.25) is 9.59 Å². The molecule has 130 valence electrons. The van der Waals surface area contributed by atoms with Crippen LogP contribution in [-0.4, -0.2) is 50.4 Å². The van der Waals surface area contributed by atoms with Gasteiger partial charge in [-0.15, -0.1) is 11.3 Å². The Kier molecular flexibility index (Phi) is 3.79. The number of amides is 2. The maximum absolute atomic E-state index is 12.4. The van der Waals surface area contributed by atoms with Crippen molar-refractivity contribution >= 4 is 28.0 Å². The summed E-state index contributed by atoms with van der Waals surface area (Å²) in [5, 5.41) is 9.06. The number of rotatable bonds is 4. The average Bonchev–Trinajstić information content (AvgIpc) is 3.25. The van der Waals surface area contributed by atoms with Gasteiger partial charge in [-0.05, 0) is 19.8 Å². The fourth-order valence-corrected chi connectivity index (χ4v) is 3.80. The van der Waals surface area contributed by atoms with E-state index in [1.807, 2.05) is 11.6 Å². The molecule has 3 aromatic heterocycles. The molecule has 0 radical (unpaired) electrons. The van der Waals surface area contributed by atoms with Crippen molar-refractivity contribution in [3.05, 3.63) is 41.2 Å². The van der Waals surface area contributed by atoms with Crippen LogP contribution in [0.2, 0.25) is 0 Å². The third-order valence-electron chi connectivity index (χ3n) is 4.64. The molecule has 3 aromatic rings. The van der Waals surface area contributed by atoms with E-state index < -0.39 is 0 Å². The van der Waals surface area contributed by atoms with Gasteiger partial charge in [0, 0.05) is 30.7 Å². The van der Waals surface area contributed by atoms with Crippen LogP contribution in [0, 0.1) is 6.92 Å². The van der Waals surface area contributed by atoms with Crippen LogP contribution < -0.4 is 5.32 Å². The number of carbonyl (C=O) groups excluding carboxylic acids is 2. The molecule has 0 unspecified atom stereocenters. The predicted octanol–water partition coefficient (Wildman–Crippen LogP) is 1.73. The Balaban J connectivity index is 1.34. The van der Waals surface area contributed by atoms with Gasteiger partial charge in [0.2, 0.25) is 0 Å². The van der Waals surface area contributed by atoms with E-state index in [0.29, 0.717) is 17.0 Å². The Hall–Kier alpha value is -2.68. The summed E-state index contributed by atoms with van der Waals surface area (Å²) in [6.45, 7) is 1.72. The summed E-state index contributed by atoms with van der Waals surface area (Å²) in [5.74, 6) is 0.238. The molecule has 0 aromatic carbocycles. The molecule has 4 rings (SSSR count). The first-order chi connectivity index (χ1) is 12.0. The van der Waals surface area contributed by atoms with Crippen molar-refractivity contribution in [2.75, 3.05) is 7.05 Å². The minimum absolute atomic E-state index is 0.0565. The number of hydrogen-bond acceptors (Lipinski definition) is 6. The number of aryl methyl sites for hydroxylation is 1. The number of nitrogens with one attached hydrogen (secondary N) is 1. The number of hydrogen-bond donors (Lipinski definition) is 1. The zero-order valence-corrected chi connectivity index (χ0v) is 14.6. The molecule has 1 N–H and O–H groups in total. The molecule has 0 spiro atoms. The molecular weight excluding hydrogens is 342 g/mol. The van der Waals surface area contributed by atoms with Crippen LogP contribution in [-0.2, 0) is 0 Å². The molecule has 0 saturated heterocycles. The molecule has 0 aliphatic heterocycles. The van der Waals surface area contributed by atoms with Crippen molar-refractivity contribution < 1.29 is 14.0 Å². The number of fused-ring (bicyclic) bond motifs is 1. The Labute approximate surface area is 147 Å². The molecule has 1 aliphatic carbocycles. The third-order valence-corrected chi connectivity index (χ3v) is 5.53. The number of thiazole rings is 1. The van der Waals surface area contributed by atoms with E-state index >= 15 is 0 Å². The van der Waals surface area contributed by atoms with E-state index in [2.05, 4.69) is 15.4 Å². The van der Waals surface area contributed by atoms with Crippen LogP contribution in [0.1, 0.15) is 39.4 Å². The number of oxazole rings is 1. The first kappa shape index (κ1) is 15.8. The molecule has 0 bridgehead atoms. The van der Waals surface area contributed by atoms with Crippen LogP contribution >= 0.6 is 11.3 Å². The normalized spacial score (nSPS) is 19.6. The highest BCUT2D eigenvalue weighted by atomic mass is 32.1. The lowest BCUT2D eigenvalue weighted by molar-refractivity contribution is 0.0578. The lowest BCUT2D eigenvalue weighted by atomic mass is 9.85. The quantitative estimate of drug-likeness (QED) is 0.766. The molecule has 3 heterocycles. The maximum atomic E-state index is 12.4. The molecule has 1 saturated carbocycles. The zero-order valence-electron chi connectivity index (χ0n) is 13.8. The SMILES string of the molecule is Cc1ocnc1C(=O)N(C)C1CC(NC(=O)c2cnn3ccsc23)C1. The summed E-state index contributed by atoms with van der Waals surface area (Å²) in [5.41, 5.74) is 0.927. The molecule has 2 amide bonds. The summed E-state index contributed by atoms with van der Waals surface area (Å²) >= 11 is 1.48. The van der Waals surface area contributed by atoms with Crippen molar-refractivity contribution in [3.63, 3.8) is 0 Å². The number of carbonyl (C=O) groups is 2. The van der Waals surface area contributed by atoms with Gasteiger partial charge in [0.25, 0.3) is 11.8 Å². The molecule has 1 aliphatic rings. The minimum Gasteiger partial charge on any atom is -0.448 e. The van der Waals surface area contributed by atoms with Gasteiger partial charge in [0.1, 0.15) is 10.6 Å². The van der Waals surface area contributed by atoms with Crippen molar-refractivity contribution in [2.24, 2.45) is 0 Å². The summed E-state index contributed by atoms with van der Waals surface area (Å²) in [4.78, 5) is 31.3. The number of nitrogens with zero attached hydrogens (tertiary/aromatic N) is 4. The largest absolute Gasteiger partial charge is 0.448 e. The predicted molar refractivity (Wildman–Crippen MR) is 90.7 cm³/mol. The second-order valence-corrected chi connectivity index (χ2v) is 7.07. The summed E-state index contributed by atoms with van der Waals surface area (Å²) in [7, 11) is 1.76. The lowest BCUT2D eigenvalue weighted by Gasteiger charge is -2.41. The van der Waals surface area contributed by atoms with Gasteiger partial charge in [0.15, 0.2) is 12.1 Å². The van der Waals surface area contributed by atoms with E-state index in [1.165, 1.54) is 17.7 Å². The average molecular weight is 359 g/mol. The smallest absolute Gasteiger partial charge is 0.276 e. The molecule has 9 heteroatoms. The minimum atomic E-state index is -0.155. The zero-order chi connectivity index (χ0) is 17.6. The highest BCUT2D eigenvalue weighted by molar-refractivity contribution is 7.15. The first-order valence-corrected chi connectivity index (χ1v) is 8.81. The topological polar surface area (TPSA) is 92.7 Å². The van der Waals surface area contributed by atoms with Crippen LogP contribution in [0.15, 0.2) is 28.6 Å². The van der Waals surface area contributed by atoms with Crippen LogP contribution in [0.5, 0.6) is 0 Å². The van der Waals surface area contributed by atoms with Gasteiger partial charge in [-0.25, -0.2) is 9.50 Å². The van der Waals surface area contributed by atoms with Crippen LogP contribution in [0.25, 0.3) is 4.83 Å². The van der Waals surface area contributed by atoms with Gasteiger partial charge in [0.05, 0.1) is 11.8 Å². The summed E-state index contributed by atoms with van der Waals surface area (Å²) in [6, 6.07) is 0.142. The van der Waals surface area contributed by atoms with Crippen LogP contribution in [0.4, 0.5) is 0 Å². The molecule has 1 fully saturated rings.